The summed E-state index contributed by atoms with van der Waals surface area (Å²) in [6, 6.07) is 0. The lowest BCUT2D eigenvalue weighted by Crippen LogP contribution is -2.44. The number of aliphatic hydroxyl groups is 1. The molecule has 1 atom stereocenters. The van der Waals surface area contributed by atoms with E-state index in [0.29, 0.717) is 32.2 Å². The van der Waals surface area contributed by atoms with Crippen LogP contribution in [0.15, 0.2) is 0 Å². The molecule has 0 spiro atoms. The average molecular weight is 244 g/mol. The number of nitrogens with one attached hydrogen (secondary N) is 1. The van der Waals surface area contributed by atoms with Gasteiger partial charge in [0.1, 0.15) is 0 Å². The Kier molecular flexibility index (Phi) is 6.47. The van der Waals surface area contributed by atoms with Gasteiger partial charge in [0.15, 0.2) is 0 Å². The molecule has 0 aromatic carbocycles. The first kappa shape index (κ1) is 14.4. The van der Waals surface area contributed by atoms with Crippen LogP contribution in [0.25, 0.3) is 0 Å². The van der Waals surface area contributed by atoms with Crippen molar-refractivity contribution in [2.24, 2.45) is 5.92 Å². The van der Waals surface area contributed by atoms with Gasteiger partial charge in [-0.15, -0.1) is 0 Å². The average Bonchev–Trinajstić information content (AvgIpc) is 2.27. The quantitative estimate of drug-likeness (QED) is 0.682. The van der Waals surface area contributed by atoms with Crippen molar-refractivity contribution in [2.45, 2.75) is 26.4 Å². The normalized spacial score (nSPS) is 19.3. The van der Waals surface area contributed by atoms with Crippen LogP contribution in [0.3, 0.4) is 0 Å². The fourth-order valence-corrected chi connectivity index (χ4v) is 1.88. The number of carbonyl (C=O) groups excluding carboxylic acids is 1. The van der Waals surface area contributed by atoms with Crippen LogP contribution in [0.4, 0.5) is 0 Å². The molecule has 0 aromatic rings. The van der Waals surface area contributed by atoms with Crippen LogP contribution in [0.1, 0.15) is 20.3 Å². The highest BCUT2D eigenvalue weighted by Gasteiger charge is 2.15. The maximum Gasteiger partial charge on any atom is 0.234 e. The first-order chi connectivity index (χ1) is 8.08. The molecule has 1 aliphatic heterocycles. The Bertz CT molecular complexity index is 228. The summed E-state index contributed by atoms with van der Waals surface area (Å²) < 4.78 is 5.21. The van der Waals surface area contributed by atoms with Crippen LogP contribution in [-0.4, -0.2) is 61.4 Å². The second kappa shape index (κ2) is 7.63. The van der Waals surface area contributed by atoms with E-state index < -0.39 is 6.10 Å². The van der Waals surface area contributed by atoms with Crippen LogP contribution in [0, 0.1) is 5.92 Å². The Balaban J connectivity index is 2.11. The van der Waals surface area contributed by atoms with E-state index in [1.54, 1.807) is 0 Å². The maximum absolute atomic E-state index is 11.6. The highest BCUT2D eigenvalue weighted by atomic mass is 16.5. The molecule has 1 unspecified atom stereocenters. The number of nitrogens with zero attached hydrogens (tertiary/aromatic N) is 1. The number of morpholine rings is 1. The lowest BCUT2D eigenvalue weighted by molar-refractivity contribution is -0.123. The number of hydrogen-bond acceptors (Lipinski definition) is 4. The second-order valence-corrected chi connectivity index (χ2v) is 4.98. The van der Waals surface area contributed by atoms with Gasteiger partial charge in [0.05, 0.1) is 25.9 Å². The zero-order chi connectivity index (χ0) is 12.7. The van der Waals surface area contributed by atoms with Gasteiger partial charge >= 0.3 is 0 Å². The molecule has 17 heavy (non-hydrogen) atoms. The molecule has 2 N–H and O–H groups in total. The minimum absolute atomic E-state index is 0.0188. The standard InChI is InChI=1S/C12H24N2O3/c1-10(2)7-11(15)8-13-12(16)9-14-3-5-17-6-4-14/h10-11,15H,3-9H2,1-2H3,(H,13,16). The first-order valence-electron chi connectivity index (χ1n) is 6.32. The van der Waals surface area contributed by atoms with Crippen molar-refractivity contribution < 1.29 is 14.6 Å². The van der Waals surface area contributed by atoms with Gasteiger partial charge in [-0.1, -0.05) is 13.8 Å². The summed E-state index contributed by atoms with van der Waals surface area (Å²) in [5, 5.41) is 12.4. The van der Waals surface area contributed by atoms with E-state index in [4.69, 9.17) is 4.74 Å². The van der Waals surface area contributed by atoms with Crippen LogP contribution >= 0.6 is 0 Å². The second-order valence-electron chi connectivity index (χ2n) is 4.98. The van der Waals surface area contributed by atoms with Gasteiger partial charge in [-0.05, 0) is 12.3 Å². The minimum atomic E-state index is -0.441. The summed E-state index contributed by atoms with van der Waals surface area (Å²) in [6.07, 6.45) is 0.279. The molecule has 1 amide bonds. The van der Waals surface area contributed by atoms with Crippen molar-refractivity contribution in [3.8, 4) is 0 Å². The molecule has 100 valence electrons. The monoisotopic (exact) mass is 244 g/mol. The van der Waals surface area contributed by atoms with Gasteiger partial charge in [-0.2, -0.15) is 0 Å². The molecule has 1 heterocycles. The molecule has 5 heteroatoms. The van der Waals surface area contributed by atoms with E-state index in [-0.39, 0.29) is 5.91 Å². The van der Waals surface area contributed by atoms with Gasteiger partial charge in [0.25, 0.3) is 0 Å². The molecule has 1 rings (SSSR count). The third-order valence-electron chi connectivity index (χ3n) is 2.75. The third kappa shape index (κ3) is 6.61. The smallest absolute Gasteiger partial charge is 0.234 e. The highest BCUT2D eigenvalue weighted by Crippen LogP contribution is 2.03. The van der Waals surface area contributed by atoms with E-state index in [1.165, 1.54) is 0 Å². The van der Waals surface area contributed by atoms with Gasteiger partial charge in [0, 0.05) is 19.6 Å². The lowest BCUT2D eigenvalue weighted by Gasteiger charge is -2.26. The van der Waals surface area contributed by atoms with E-state index in [2.05, 4.69) is 24.1 Å². The maximum atomic E-state index is 11.6. The molecule has 0 radical (unpaired) electrons. The van der Waals surface area contributed by atoms with Crippen molar-refractivity contribution in [1.29, 1.82) is 0 Å². The van der Waals surface area contributed by atoms with Crippen molar-refractivity contribution in [3.05, 3.63) is 0 Å². The molecule has 0 aromatic heterocycles. The molecular weight excluding hydrogens is 220 g/mol. The Morgan fingerprint density at radius 1 is 1.41 bits per heavy atom. The van der Waals surface area contributed by atoms with E-state index in [0.717, 1.165) is 19.5 Å². The number of ether oxygens (including phenoxy) is 1. The number of hydrogen-bond donors (Lipinski definition) is 2. The number of carbonyl (C=O) groups is 1. The van der Waals surface area contributed by atoms with Crippen LogP contribution in [-0.2, 0) is 9.53 Å². The van der Waals surface area contributed by atoms with E-state index in [1.807, 2.05) is 0 Å². The minimum Gasteiger partial charge on any atom is -0.391 e. The van der Waals surface area contributed by atoms with Crippen molar-refractivity contribution >= 4 is 5.91 Å². The molecule has 0 aliphatic carbocycles. The zero-order valence-corrected chi connectivity index (χ0v) is 10.8. The van der Waals surface area contributed by atoms with Crippen LogP contribution < -0.4 is 5.32 Å². The van der Waals surface area contributed by atoms with Gasteiger partial charge < -0.3 is 15.2 Å². The SMILES string of the molecule is CC(C)CC(O)CNC(=O)CN1CCOCC1. The largest absolute Gasteiger partial charge is 0.391 e. The molecule has 1 aliphatic rings. The van der Waals surface area contributed by atoms with Crippen molar-refractivity contribution in [2.75, 3.05) is 39.4 Å². The molecule has 1 saturated heterocycles. The summed E-state index contributed by atoms with van der Waals surface area (Å²) in [5.74, 6) is 0.427. The van der Waals surface area contributed by atoms with Crippen molar-refractivity contribution in [3.63, 3.8) is 0 Å². The fraction of sp³-hybridized carbons (Fsp3) is 0.917. The Morgan fingerprint density at radius 2 is 2.06 bits per heavy atom. The Labute approximate surface area is 103 Å². The Hall–Kier alpha value is -0.650. The number of amides is 1. The van der Waals surface area contributed by atoms with Crippen LogP contribution in [0.2, 0.25) is 0 Å². The molecule has 0 bridgehead atoms. The first-order valence-corrected chi connectivity index (χ1v) is 6.32. The third-order valence-corrected chi connectivity index (χ3v) is 2.75. The molecule has 1 fully saturated rings. The zero-order valence-electron chi connectivity index (χ0n) is 10.8. The molecular formula is C12H24N2O3. The number of aliphatic hydroxyl groups excluding tert-OH is 1. The van der Waals surface area contributed by atoms with Gasteiger partial charge in [0.2, 0.25) is 5.91 Å². The summed E-state index contributed by atoms with van der Waals surface area (Å²) in [5.41, 5.74) is 0. The summed E-state index contributed by atoms with van der Waals surface area (Å²) in [7, 11) is 0. The topological polar surface area (TPSA) is 61.8 Å². The molecule has 0 saturated carbocycles. The summed E-state index contributed by atoms with van der Waals surface area (Å²) in [6.45, 7) is 7.87. The number of rotatable bonds is 6. The van der Waals surface area contributed by atoms with Gasteiger partial charge in [-0.25, -0.2) is 0 Å². The highest BCUT2D eigenvalue weighted by molar-refractivity contribution is 5.78. The summed E-state index contributed by atoms with van der Waals surface area (Å²) in [4.78, 5) is 13.7. The lowest BCUT2D eigenvalue weighted by atomic mass is 10.1. The Morgan fingerprint density at radius 3 is 2.65 bits per heavy atom. The summed E-state index contributed by atoms with van der Waals surface area (Å²) >= 11 is 0. The van der Waals surface area contributed by atoms with Gasteiger partial charge in [-0.3, -0.25) is 9.69 Å². The fourth-order valence-electron chi connectivity index (χ4n) is 1.88. The predicted molar refractivity (Wildman–Crippen MR) is 65.7 cm³/mol. The predicted octanol–water partition coefficient (Wildman–Crippen LogP) is -0.158. The van der Waals surface area contributed by atoms with E-state index >= 15 is 0 Å². The van der Waals surface area contributed by atoms with Crippen LogP contribution in [0.5, 0.6) is 0 Å². The van der Waals surface area contributed by atoms with E-state index in [9.17, 15) is 9.90 Å². The molecule has 5 nitrogen and oxygen atoms in total. The van der Waals surface area contributed by atoms with Crippen molar-refractivity contribution in [1.82, 2.24) is 10.2 Å².